The van der Waals surface area contributed by atoms with E-state index in [2.05, 4.69) is 20.8 Å². The van der Waals surface area contributed by atoms with Crippen LogP contribution in [-0.2, 0) is 22.4 Å². The van der Waals surface area contributed by atoms with Crippen LogP contribution in [0.25, 0.3) is 0 Å². The minimum Gasteiger partial charge on any atom is -0.469 e. The Bertz CT molecular complexity index is 639. The number of ether oxygens (including phenoxy) is 1. The molecule has 3 rings (SSSR count). The number of hydrogen-bond acceptors (Lipinski definition) is 3. The molecule has 0 radical (unpaired) electrons. The molecule has 0 amide bonds. The number of carbonyl (C=O) groups is 1. The van der Waals surface area contributed by atoms with Crippen molar-refractivity contribution in [3.8, 4) is 0 Å². The van der Waals surface area contributed by atoms with E-state index < -0.39 is 0 Å². The molecule has 3 heteroatoms. The van der Waals surface area contributed by atoms with Crippen molar-refractivity contribution in [2.75, 3.05) is 0 Å². The van der Waals surface area contributed by atoms with Gasteiger partial charge in [0.15, 0.2) is 0 Å². The van der Waals surface area contributed by atoms with Crippen LogP contribution in [0.1, 0.15) is 57.4 Å². The number of allylic oxidation sites excluding steroid dienone is 1. The Morgan fingerprint density at radius 2 is 2.17 bits per heavy atom. The molecule has 1 aromatic rings. The van der Waals surface area contributed by atoms with E-state index in [1.165, 1.54) is 11.1 Å². The Labute approximate surface area is 139 Å². The molecule has 2 aliphatic carbocycles. The zero-order valence-corrected chi connectivity index (χ0v) is 14.9. The van der Waals surface area contributed by atoms with Gasteiger partial charge in [-0.15, -0.1) is 0 Å². The summed E-state index contributed by atoms with van der Waals surface area (Å²) in [5.74, 6) is 2.04. The van der Waals surface area contributed by atoms with Gasteiger partial charge in [-0.3, -0.25) is 0 Å². The molecule has 1 heterocycles. The van der Waals surface area contributed by atoms with Crippen molar-refractivity contribution in [3.63, 3.8) is 0 Å². The van der Waals surface area contributed by atoms with Gasteiger partial charge in [-0.25, -0.2) is 4.79 Å². The second kappa shape index (κ2) is 5.85. The molecule has 0 spiro atoms. The third kappa shape index (κ3) is 2.75. The fourth-order valence-electron chi connectivity index (χ4n) is 4.38. The molecule has 126 valence electrons. The lowest BCUT2D eigenvalue weighted by Crippen LogP contribution is -2.48. The molecule has 1 saturated carbocycles. The molecule has 3 nitrogen and oxygen atoms in total. The summed E-state index contributed by atoms with van der Waals surface area (Å²) >= 11 is 0. The van der Waals surface area contributed by atoms with Crippen LogP contribution < -0.4 is 0 Å². The fourth-order valence-corrected chi connectivity index (χ4v) is 4.38. The number of hydrogen-bond donors (Lipinski definition) is 0. The van der Waals surface area contributed by atoms with Crippen LogP contribution in [0.2, 0.25) is 0 Å². The van der Waals surface area contributed by atoms with Gasteiger partial charge in [0.2, 0.25) is 0 Å². The molecule has 0 bridgehead atoms. The van der Waals surface area contributed by atoms with Gasteiger partial charge >= 0.3 is 5.97 Å². The molecule has 1 fully saturated rings. The van der Waals surface area contributed by atoms with Crippen LogP contribution in [0.3, 0.4) is 0 Å². The zero-order valence-electron chi connectivity index (χ0n) is 14.9. The second-order valence-corrected chi connectivity index (χ2v) is 7.78. The van der Waals surface area contributed by atoms with E-state index in [0.717, 1.165) is 31.4 Å². The summed E-state index contributed by atoms with van der Waals surface area (Å²) in [7, 11) is 0. The van der Waals surface area contributed by atoms with E-state index in [1.807, 2.05) is 26.2 Å². The van der Waals surface area contributed by atoms with Crippen molar-refractivity contribution < 1.29 is 13.9 Å². The van der Waals surface area contributed by atoms with E-state index in [4.69, 9.17) is 9.15 Å². The molecule has 4 atom stereocenters. The Kier molecular flexibility index (Phi) is 4.16. The van der Waals surface area contributed by atoms with Gasteiger partial charge < -0.3 is 9.15 Å². The normalized spacial score (nSPS) is 33.8. The predicted molar refractivity (Wildman–Crippen MR) is 90.2 cm³/mol. The van der Waals surface area contributed by atoms with Crippen molar-refractivity contribution >= 4 is 5.97 Å². The zero-order chi connectivity index (χ0) is 16.8. The predicted octanol–water partition coefficient (Wildman–Crippen LogP) is 4.62. The van der Waals surface area contributed by atoms with Crippen molar-refractivity contribution in [1.82, 2.24) is 0 Å². The van der Waals surface area contributed by atoms with E-state index in [0.29, 0.717) is 17.4 Å². The van der Waals surface area contributed by atoms with Crippen LogP contribution >= 0.6 is 0 Å². The average Bonchev–Trinajstić information content (AvgIpc) is 2.86. The minimum atomic E-state index is -0.168. The summed E-state index contributed by atoms with van der Waals surface area (Å²) in [5.41, 5.74) is 3.67. The monoisotopic (exact) mass is 316 g/mol. The molecule has 0 N–H and O–H groups in total. The summed E-state index contributed by atoms with van der Waals surface area (Å²) in [6.07, 6.45) is 7.71. The number of furan rings is 1. The Balaban J connectivity index is 1.79. The van der Waals surface area contributed by atoms with E-state index >= 15 is 0 Å². The third-order valence-electron chi connectivity index (χ3n) is 6.43. The highest BCUT2D eigenvalue weighted by atomic mass is 16.5. The van der Waals surface area contributed by atoms with Gasteiger partial charge in [0, 0.05) is 12.0 Å². The topological polar surface area (TPSA) is 39.4 Å². The van der Waals surface area contributed by atoms with Gasteiger partial charge in [-0.05, 0) is 68.4 Å². The Morgan fingerprint density at radius 3 is 2.87 bits per heavy atom. The van der Waals surface area contributed by atoms with Crippen molar-refractivity contribution in [1.29, 1.82) is 0 Å². The lowest BCUT2D eigenvalue weighted by atomic mass is 9.55. The van der Waals surface area contributed by atoms with Crippen LogP contribution in [0.4, 0.5) is 0 Å². The Hall–Kier alpha value is -1.51. The first-order valence-electron chi connectivity index (χ1n) is 8.75. The first-order chi connectivity index (χ1) is 10.8. The van der Waals surface area contributed by atoms with Crippen LogP contribution in [0.5, 0.6) is 0 Å². The maximum atomic E-state index is 12.1. The largest absolute Gasteiger partial charge is 0.469 e. The summed E-state index contributed by atoms with van der Waals surface area (Å²) in [4.78, 5) is 12.1. The van der Waals surface area contributed by atoms with Crippen molar-refractivity contribution in [3.05, 3.63) is 34.8 Å². The number of fused-ring (bicyclic) bond motifs is 2. The molecule has 0 unspecified atom stereocenters. The minimum absolute atomic E-state index is 0.0306. The third-order valence-corrected chi connectivity index (χ3v) is 6.43. The van der Waals surface area contributed by atoms with E-state index in [9.17, 15) is 4.79 Å². The lowest BCUT2D eigenvalue weighted by molar-refractivity contribution is -0.151. The van der Waals surface area contributed by atoms with Crippen LogP contribution in [0, 0.1) is 24.2 Å². The first-order valence-corrected chi connectivity index (χ1v) is 8.75. The highest BCUT2D eigenvalue weighted by molar-refractivity contribution is 5.87. The Morgan fingerprint density at radius 1 is 1.43 bits per heavy atom. The summed E-state index contributed by atoms with van der Waals surface area (Å²) in [6, 6.07) is 0. The highest BCUT2D eigenvalue weighted by Crippen LogP contribution is 2.53. The maximum absolute atomic E-state index is 12.1. The molecule has 0 aliphatic heterocycles. The highest BCUT2D eigenvalue weighted by Gasteiger charge is 2.49. The molecule has 2 aliphatic rings. The van der Waals surface area contributed by atoms with Crippen LogP contribution in [0.15, 0.2) is 22.3 Å². The molecule has 23 heavy (non-hydrogen) atoms. The quantitative estimate of drug-likeness (QED) is 0.590. The number of rotatable bonds is 2. The van der Waals surface area contributed by atoms with E-state index in [-0.39, 0.29) is 17.5 Å². The summed E-state index contributed by atoms with van der Waals surface area (Å²) < 4.78 is 11.5. The van der Waals surface area contributed by atoms with Gasteiger partial charge in [0.05, 0.1) is 6.26 Å². The molecular weight excluding hydrogens is 288 g/mol. The molecule has 0 saturated heterocycles. The maximum Gasteiger partial charge on any atom is 0.333 e. The van der Waals surface area contributed by atoms with Gasteiger partial charge in [-0.1, -0.05) is 19.9 Å². The first kappa shape index (κ1) is 16.4. The number of esters is 1. The van der Waals surface area contributed by atoms with Gasteiger partial charge in [0.25, 0.3) is 0 Å². The average molecular weight is 316 g/mol. The fraction of sp³-hybridized carbons (Fsp3) is 0.650. The summed E-state index contributed by atoms with van der Waals surface area (Å²) in [6.45, 7) is 10.6. The molecular formula is C20H28O3. The second-order valence-electron chi connectivity index (χ2n) is 7.78. The molecule has 1 aromatic heterocycles. The van der Waals surface area contributed by atoms with Crippen molar-refractivity contribution in [2.45, 2.75) is 66.4 Å². The smallest absolute Gasteiger partial charge is 0.333 e. The SMILES string of the molecule is CC=C(C)C(=O)O[C@@H]1C[C@@H]2Cc3occ(C)c3C[C@@]2(C)[C@@H](C)C1. The number of aryl methyl sites for hydroxylation is 1. The van der Waals surface area contributed by atoms with Gasteiger partial charge in [-0.2, -0.15) is 0 Å². The van der Waals surface area contributed by atoms with Crippen LogP contribution in [-0.4, -0.2) is 12.1 Å². The standard InChI is InChI=1S/C20H28O3/c1-6-12(2)19(21)23-16-7-14(4)20(5)10-17-13(3)11-22-18(17)9-15(20)8-16/h6,11,14-16H,7-10H2,1-5H3/t14-,15+,16-,20-/m0/s1. The number of carbonyl (C=O) groups excluding carboxylic acids is 1. The summed E-state index contributed by atoms with van der Waals surface area (Å²) in [5, 5.41) is 0. The lowest BCUT2D eigenvalue weighted by Gasteiger charge is -2.51. The van der Waals surface area contributed by atoms with E-state index in [1.54, 1.807) is 0 Å². The van der Waals surface area contributed by atoms with Gasteiger partial charge in [0.1, 0.15) is 11.9 Å². The van der Waals surface area contributed by atoms with Crippen molar-refractivity contribution in [2.24, 2.45) is 17.3 Å². The molecule has 0 aromatic carbocycles.